The summed E-state index contributed by atoms with van der Waals surface area (Å²) < 4.78 is 32.0. The first-order chi connectivity index (χ1) is 13.0. The molecule has 0 spiro atoms. The van der Waals surface area contributed by atoms with Gasteiger partial charge in [0.15, 0.2) is 6.61 Å². The van der Waals surface area contributed by atoms with Gasteiger partial charge >= 0.3 is 5.97 Å². The number of amides is 1. The molecule has 0 saturated carbocycles. The monoisotopic (exact) mass is 414 g/mol. The van der Waals surface area contributed by atoms with Crippen LogP contribution in [0.5, 0.6) is 0 Å². The van der Waals surface area contributed by atoms with Crippen LogP contribution in [0.15, 0.2) is 21.7 Å². The van der Waals surface area contributed by atoms with E-state index in [9.17, 15) is 18.0 Å². The molecule has 0 atom stereocenters. The number of carbonyl (C=O) groups is 2. The Labute approximate surface area is 164 Å². The van der Waals surface area contributed by atoms with E-state index in [1.807, 2.05) is 0 Å². The van der Waals surface area contributed by atoms with Gasteiger partial charge < -0.3 is 9.64 Å². The average molecular weight is 415 g/mol. The molecule has 2 aliphatic heterocycles. The molecule has 3 rings (SSSR count). The molecule has 1 aromatic heterocycles. The molecule has 9 heteroatoms. The number of carbonyl (C=O) groups excluding carboxylic acids is 2. The van der Waals surface area contributed by atoms with Crippen molar-refractivity contribution in [1.29, 1.82) is 0 Å². The highest BCUT2D eigenvalue weighted by Gasteiger charge is 2.33. The Morgan fingerprint density at radius 3 is 2.33 bits per heavy atom. The molecule has 3 heterocycles. The summed E-state index contributed by atoms with van der Waals surface area (Å²) in [4.78, 5) is 26.3. The standard InChI is InChI=1S/C18H26N2O5S2/c21-16(19-9-3-1-2-4-10-19)14-25-18(22)15-7-11-20(12-8-15)27(23,24)17-6-5-13-26-17/h5-6,13,15H,1-4,7-12,14H2. The molecule has 0 N–H and O–H groups in total. The van der Waals surface area contributed by atoms with Crippen molar-refractivity contribution in [2.45, 2.75) is 42.7 Å². The van der Waals surface area contributed by atoms with E-state index in [4.69, 9.17) is 4.74 Å². The SMILES string of the molecule is O=C(OCC(=O)N1CCCCCC1)C1CCN(S(=O)(=O)c2cccs2)CC1. The van der Waals surface area contributed by atoms with Crippen LogP contribution in [0.2, 0.25) is 0 Å². The van der Waals surface area contributed by atoms with E-state index in [-0.39, 0.29) is 18.4 Å². The van der Waals surface area contributed by atoms with Crippen molar-refractivity contribution in [3.8, 4) is 0 Å². The summed E-state index contributed by atoms with van der Waals surface area (Å²) in [5, 5.41) is 1.73. The number of piperidine rings is 1. The topological polar surface area (TPSA) is 84.0 Å². The Morgan fingerprint density at radius 1 is 1.07 bits per heavy atom. The minimum atomic E-state index is -3.47. The molecule has 27 heavy (non-hydrogen) atoms. The van der Waals surface area contributed by atoms with Crippen molar-refractivity contribution < 1.29 is 22.7 Å². The van der Waals surface area contributed by atoms with E-state index in [1.54, 1.807) is 22.4 Å². The first kappa shape index (κ1) is 20.3. The molecular weight excluding hydrogens is 388 g/mol. The quantitative estimate of drug-likeness (QED) is 0.689. The Bertz CT molecular complexity index is 732. The molecule has 0 bridgehead atoms. The molecule has 7 nitrogen and oxygen atoms in total. The number of thiophene rings is 1. The summed E-state index contributed by atoms with van der Waals surface area (Å²) in [6, 6.07) is 3.30. The van der Waals surface area contributed by atoms with Gasteiger partial charge in [-0.15, -0.1) is 11.3 Å². The third-order valence-electron chi connectivity index (χ3n) is 5.17. The highest BCUT2D eigenvalue weighted by atomic mass is 32.2. The minimum Gasteiger partial charge on any atom is -0.455 e. The molecule has 2 aliphatic rings. The minimum absolute atomic E-state index is 0.136. The molecule has 0 aromatic carbocycles. The van der Waals surface area contributed by atoms with Crippen LogP contribution in [0.1, 0.15) is 38.5 Å². The van der Waals surface area contributed by atoms with Crippen molar-refractivity contribution in [3.63, 3.8) is 0 Å². The van der Waals surface area contributed by atoms with Crippen molar-refractivity contribution in [1.82, 2.24) is 9.21 Å². The highest BCUT2D eigenvalue weighted by Crippen LogP contribution is 2.26. The fourth-order valence-electron chi connectivity index (χ4n) is 3.53. The van der Waals surface area contributed by atoms with Crippen LogP contribution in [0, 0.1) is 5.92 Å². The van der Waals surface area contributed by atoms with Crippen LogP contribution >= 0.6 is 11.3 Å². The number of rotatable bonds is 5. The number of nitrogens with zero attached hydrogens (tertiary/aromatic N) is 2. The van der Waals surface area contributed by atoms with Crippen molar-refractivity contribution >= 4 is 33.2 Å². The number of ether oxygens (including phenoxy) is 1. The van der Waals surface area contributed by atoms with Gasteiger partial charge in [-0.2, -0.15) is 4.31 Å². The summed E-state index contributed by atoms with van der Waals surface area (Å²) in [7, 11) is -3.47. The predicted molar refractivity (Wildman–Crippen MR) is 102 cm³/mol. The number of likely N-dealkylation sites (tertiary alicyclic amines) is 1. The van der Waals surface area contributed by atoms with Gasteiger partial charge in [-0.05, 0) is 37.1 Å². The summed E-state index contributed by atoms with van der Waals surface area (Å²) in [6.07, 6.45) is 5.10. The smallest absolute Gasteiger partial charge is 0.309 e. The van der Waals surface area contributed by atoms with Gasteiger partial charge in [0.25, 0.3) is 15.9 Å². The molecule has 1 aromatic rings. The molecular formula is C18H26N2O5S2. The van der Waals surface area contributed by atoms with Crippen LogP contribution in [0.3, 0.4) is 0 Å². The Balaban J connectivity index is 1.45. The highest BCUT2D eigenvalue weighted by molar-refractivity contribution is 7.91. The lowest BCUT2D eigenvalue weighted by atomic mass is 9.98. The Hall–Kier alpha value is -1.45. The molecule has 2 saturated heterocycles. The normalized spacial score (nSPS) is 20.2. The predicted octanol–water partition coefficient (Wildman–Crippen LogP) is 2.09. The molecule has 0 aliphatic carbocycles. The van der Waals surface area contributed by atoms with Crippen LogP contribution < -0.4 is 0 Å². The number of hydrogen-bond donors (Lipinski definition) is 0. The largest absolute Gasteiger partial charge is 0.455 e. The Morgan fingerprint density at radius 2 is 1.74 bits per heavy atom. The molecule has 0 unspecified atom stereocenters. The fourth-order valence-corrected chi connectivity index (χ4v) is 6.15. The zero-order chi connectivity index (χ0) is 19.3. The van der Waals surface area contributed by atoms with Crippen molar-refractivity contribution in [2.75, 3.05) is 32.8 Å². The van der Waals surface area contributed by atoms with Gasteiger partial charge in [0.05, 0.1) is 5.92 Å². The Kier molecular flexibility index (Phi) is 6.88. The summed E-state index contributed by atoms with van der Waals surface area (Å²) in [5.74, 6) is -0.883. The number of hydrogen-bond acceptors (Lipinski definition) is 6. The van der Waals surface area contributed by atoms with Crippen LogP contribution in [-0.4, -0.2) is 62.3 Å². The first-order valence-corrected chi connectivity index (χ1v) is 11.8. The second-order valence-corrected chi connectivity index (χ2v) is 10.1. The van der Waals surface area contributed by atoms with E-state index in [0.717, 1.165) is 38.8 Å². The lowest BCUT2D eigenvalue weighted by Crippen LogP contribution is -2.41. The lowest BCUT2D eigenvalue weighted by molar-refractivity contribution is -0.156. The van der Waals surface area contributed by atoms with Crippen LogP contribution in [0.4, 0.5) is 0 Å². The van der Waals surface area contributed by atoms with Gasteiger partial charge in [0.2, 0.25) is 0 Å². The molecule has 1 amide bonds. The van der Waals surface area contributed by atoms with Crippen LogP contribution in [0.25, 0.3) is 0 Å². The third-order valence-corrected chi connectivity index (χ3v) is 8.44. The van der Waals surface area contributed by atoms with E-state index >= 15 is 0 Å². The summed E-state index contributed by atoms with van der Waals surface area (Å²) in [5.41, 5.74) is 0. The summed E-state index contributed by atoms with van der Waals surface area (Å²) in [6.45, 7) is 1.83. The van der Waals surface area contributed by atoms with Gasteiger partial charge in [-0.1, -0.05) is 18.9 Å². The average Bonchev–Trinajstić information content (AvgIpc) is 3.10. The molecule has 0 radical (unpaired) electrons. The van der Waals surface area contributed by atoms with Crippen molar-refractivity contribution in [2.24, 2.45) is 5.92 Å². The van der Waals surface area contributed by atoms with E-state index in [2.05, 4.69) is 0 Å². The van der Waals surface area contributed by atoms with Gasteiger partial charge in [-0.3, -0.25) is 9.59 Å². The maximum Gasteiger partial charge on any atom is 0.309 e. The molecule has 150 valence electrons. The maximum atomic E-state index is 12.5. The van der Waals surface area contributed by atoms with E-state index < -0.39 is 16.0 Å². The second-order valence-electron chi connectivity index (χ2n) is 7.01. The van der Waals surface area contributed by atoms with Gasteiger partial charge in [0.1, 0.15) is 4.21 Å². The van der Waals surface area contributed by atoms with Gasteiger partial charge in [0, 0.05) is 26.2 Å². The number of esters is 1. The van der Waals surface area contributed by atoms with Crippen molar-refractivity contribution in [3.05, 3.63) is 17.5 Å². The first-order valence-electron chi connectivity index (χ1n) is 9.46. The molecule has 2 fully saturated rings. The maximum absolute atomic E-state index is 12.5. The zero-order valence-corrected chi connectivity index (χ0v) is 17.0. The third kappa shape index (κ3) is 5.08. The van der Waals surface area contributed by atoms with Gasteiger partial charge in [-0.25, -0.2) is 8.42 Å². The van der Waals surface area contributed by atoms with E-state index in [0.29, 0.717) is 30.1 Å². The van der Waals surface area contributed by atoms with E-state index in [1.165, 1.54) is 15.6 Å². The lowest BCUT2D eigenvalue weighted by Gasteiger charge is -2.29. The summed E-state index contributed by atoms with van der Waals surface area (Å²) >= 11 is 1.19. The zero-order valence-electron chi connectivity index (χ0n) is 15.3. The second kappa shape index (κ2) is 9.16. The van der Waals surface area contributed by atoms with Crippen LogP contribution in [-0.2, 0) is 24.3 Å². The fraction of sp³-hybridized carbons (Fsp3) is 0.667. The number of sulfonamides is 1.